The van der Waals surface area contributed by atoms with Crippen LogP contribution in [0.25, 0.3) is 0 Å². The number of nitrogens with one attached hydrogen (secondary N) is 1. The van der Waals surface area contributed by atoms with Gasteiger partial charge in [-0.05, 0) is 93.9 Å². The van der Waals surface area contributed by atoms with Gasteiger partial charge in [0.25, 0.3) is 0 Å². The number of sulfonamides is 2. The molecular formula is C30H49F2N5O5S2. The van der Waals surface area contributed by atoms with Gasteiger partial charge in [0.1, 0.15) is 11.6 Å². The van der Waals surface area contributed by atoms with Crippen molar-refractivity contribution in [3.05, 3.63) is 35.4 Å². The molecule has 4 rings (SSSR count). The number of piperidine rings is 3. The van der Waals surface area contributed by atoms with Crippen molar-refractivity contribution in [2.75, 3.05) is 71.4 Å². The molecule has 0 bridgehead atoms. The Morgan fingerprint density at radius 2 is 1.39 bits per heavy atom. The number of carbonyl (C=O) groups excluding carboxylic acids is 1. The van der Waals surface area contributed by atoms with Gasteiger partial charge < -0.3 is 15.1 Å². The van der Waals surface area contributed by atoms with Crippen molar-refractivity contribution >= 4 is 26.1 Å². The summed E-state index contributed by atoms with van der Waals surface area (Å²) in [5.74, 6) is -0.893. The molecule has 10 nitrogen and oxygen atoms in total. The first-order valence-corrected chi connectivity index (χ1v) is 19.6. The first-order valence-electron chi connectivity index (χ1n) is 15.9. The molecule has 0 spiro atoms. The number of hydrogen-bond donors (Lipinski definition) is 1. The Labute approximate surface area is 262 Å². The molecule has 44 heavy (non-hydrogen) atoms. The summed E-state index contributed by atoms with van der Waals surface area (Å²) in [4.78, 5) is 17.4. The van der Waals surface area contributed by atoms with Crippen LogP contribution in [0.4, 0.5) is 13.6 Å². The summed E-state index contributed by atoms with van der Waals surface area (Å²) in [7, 11) is -6.44. The fourth-order valence-electron chi connectivity index (χ4n) is 7.20. The highest BCUT2D eigenvalue weighted by Gasteiger charge is 2.33. The zero-order valence-electron chi connectivity index (χ0n) is 26.3. The Bertz CT molecular complexity index is 1300. The summed E-state index contributed by atoms with van der Waals surface area (Å²) in [5.41, 5.74) is 0.631. The van der Waals surface area contributed by atoms with E-state index >= 15 is 0 Å². The van der Waals surface area contributed by atoms with Crippen molar-refractivity contribution in [3.63, 3.8) is 0 Å². The van der Waals surface area contributed by atoms with E-state index < -0.39 is 31.7 Å². The van der Waals surface area contributed by atoms with Crippen molar-refractivity contribution in [2.45, 2.75) is 63.8 Å². The van der Waals surface area contributed by atoms with Crippen LogP contribution in [0, 0.1) is 23.5 Å². The van der Waals surface area contributed by atoms with Crippen LogP contribution in [-0.4, -0.2) is 119 Å². The molecule has 1 aromatic carbocycles. The zero-order valence-corrected chi connectivity index (χ0v) is 27.9. The molecule has 3 heterocycles. The third-order valence-corrected chi connectivity index (χ3v) is 12.4. The third kappa shape index (κ3) is 9.57. The number of halogens is 2. The average molecular weight is 662 g/mol. The van der Waals surface area contributed by atoms with Gasteiger partial charge in [0.2, 0.25) is 20.0 Å². The van der Waals surface area contributed by atoms with E-state index in [0.29, 0.717) is 64.1 Å². The van der Waals surface area contributed by atoms with Crippen LogP contribution >= 0.6 is 0 Å². The molecule has 3 aliphatic heterocycles. The van der Waals surface area contributed by atoms with Crippen LogP contribution < -0.4 is 5.32 Å². The molecule has 3 aliphatic rings. The Balaban J connectivity index is 1.27. The van der Waals surface area contributed by atoms with Crippen LogP contribution in [0.1, 0.15) is 63.4 Å². The number of rotatable bonds is 11. The Kier molecular flexibility index (Phi) is 12.0. The lowest BCUT2D eigenvalue weighted by Crippen LogP contribution is -2.51. The smallest absolute Gasteiger partial charge is 0.317 e. The molecule has 14 heteroatoms. The van der Waals surface area contributed by atoms with Crippen LogP contribution in [0.5, 0.6) is 0 Å². The van der Waals surface area contributed by atoms with Gasteiger partial charge in [-0.15, -0.1) is 0 Å². The second-order valence-corrected chi connectivity index (χ2v) is 16.7. The largest absolute Gasteiger partial charge is 0.338 e. The highest BCUT2D eigenvalue weighted by molar-refractivity contribution is 7.88. The fourth-order valence-corrected chi connectivity index (χ4v) is 8.94. The normalized spacial score (nSPS) is 21.8. The standard InChI is InChI=1S/C30H49F2N5O5S2/c1-4-37(30(38)33-22-23-5-15-35(16-6-23)43(2,39)40)28-9-12-34(13-10-28)14-11-29(25-19-26(31)21-27(32)20-25)24-7-17-36(18-8-24)44(3,41)42/h19-21,23-24,28-29H,4-18,22H2,1-3H3,(H,33,38)/t29-/m1/s1. The molecule has 1 aromatic rings. The molecular weight excluding hydrogens is 612 g/mol. The van der Waals surface area contributed by atoms with Crippen molar-refractivity contribution < 1.29 is 30.4 Å². The molecule has 2 amide bonds. The number of urea groups is 1. The maximum atomic E-state index is 14.2. The first kappa shape index (κ1) is 35.0. The van der Waals surface area contributed by atoms with Gasteiger partial charge in [0.05, 0.1) is 12.5 Å². The van der Waals surface area contributed by atoms with E-state index in [0.717, 1.165) is 51.4 Å². The van der Waals surface area contributed by atoms with Crippen LogP contribution in [0.3, 0.4) is 0 Å². The van der Waals surface area contributed by atoms with Crippen molar-refractivity contribution in [1.82, 2.24) is 23.7 Å². The summed E-state index contributed by atoms with van der Waals surface area (Å²) in [6.45, 7) is 7.31. The topological polar surface area (TPSA) is 110 Å². The number of likely N-dealkylation sites (tertiary alicyclic amines) is 1. The Hall–Kier alpha value is -1.87. The predicted octanol–water partition coefficient (Wildman–Crippen LogP) is 3.28. The molecule has 0 radical (unpaired) electrons. The van der Waals surface area contributed by atoms with Gasteiger partial charge in [-0.3, -0.25) is 0 Å². The minimum absolute atomic E-state index is 0.0786. The van der Waals surface area contributed by atoms with E-state index in [1.54, 1.807) is 0 Å². The SMILES string of the molecule is CCN(C(=O)NCC1CCN(S(C)(=O)=O)CC1)C1CCN(CC[C@@H](c2cc(F)cc(F)c2)C2CCN(S(C)(=O)=O)CC2)CC1. The molecule has 0 unspecified atom stereocenters. The maximum absolute atomic E-state index is 14.2. The van der Waals surface area contributed by atoms with E-state index in [2.05, 4.69) is 10.2 Å². The molecule has 0 saturated carbocycles. The van der Waals surface area contributed by atoms with E-state index in [9.17, 15) is 30.4 Å². The molecule has 1 atom stereocenters. The van der Waals surface area contributed by atoms with Crippen molar-refractivity contribution in [3.8, 4) is 0 Å². The quantitative estimate of drug-likeness (QED) is 0.390. The highest BCUT2D eigenvalue weighted by Crippen LogP contribution is 2.37. The van der Waals surface area contributed by atoms with Crippen LogP contribution in [0.2, 0.25) is 0 Å². The van der Waals surface area contributed by atoms with E-state index in [4.69, 9.17) is 0 Å². The summed E-state index contributed by atoms with van der Waals surface area (Å²) in [5, 5.41) is 3.08. The summed E-state index contributed by atoms with van der Waals surface area (Å²) >= 11 is 0. The number of carbonyl (C=O) groups is 1. The predicted molar refractivity (Wildman–Crippen MR) is 167 cm³/mol. The third-order valence-electron chi connectivity index (χ3n) is 9.79. The van der Waals surface area contributed by atoms with Gasteiger partial charge in [-0.1, -0.05) is 0 Å². The van der Waals surface area contributed by atoms with Crippen LogP contribution in [-0.2, 0) is 20.0 Å². The summed E-state index contributed by atoms with van der Waals surface area (Å²) in [6.07, 6.45) is 7.59. The molecule has 3 saturated heterocycles. The number of hydrogen-bond acceptors (Lipinski definition) is 6. The number of benzene rings is 1. The Morgan fingerprint density at radius 3 is 1.89 bits per heavy atom. The monoisotopic (exact) mass is 661 g/mol. The maximum Gasteiger partial charge on any atom is 0.317 e. The Morgan fingerprint density at radius 1 is 0.864 bits per heavy atom. The van der Waals surface area contributed by atoms with E-state index in [1.165, 1.54) is 33.3 Å². The van der Waals surface area contributed by atoms with Gasteiger partial charge in [0.15, 0.2) is 0 Å². The average Bonchev–Trinajstić information content (AvgIpc) is 2.96. The minimum Gasteiger partial charge on any atom is -0.338 e. The zero-order chi connectivity index (χ0) is 32.1. The summed E-state index contributed by atoms with van der Waals surface area (Å²) in [6, 6.07) is 3.75. The van der Waals surface area contributed by atoms with Crippen molar-refractivity contribution in [2.24, 2.45) is 11.8 Å². The molecule has 0 aromatic heterocycles. The van der Waals surface area contributed by atoms with Gasteiger partial charge >= 0.3 is 6.03 Å². The fraction of sp³-hybridized carbons (Fsp3) is 0.767. The minimum atomic E-state index is -3.27. The van der Waals surface area contributed by atoms with Crippen LogP contribution in [0.15, 0.2) is 18.2 Å². The lowest BCUT2D eigenvalue weighted by molar-refractivity contribution is 0.117. The lowest BCUT2D eigenvalue weighted by atomic mass is 9.78. The molecule has 250 valence electrons. The molecule has 1 N–H and O–H groups in total. The first-order chi connectivity index (χ1) is 20.7. The second-order valence-electron chi connectivity index (χ2n) is 12.7. The summed E-state index contributed by atoms with van der Waals surface area (Å²) < 4.78 is 78.9. The molecule has 0 aliphatic carbocycles. The van der Waals surface area contributed by atoms with Gasteiger partial charge in [-0.2, -0.15) is 0 Å². The number of amides is 2. The number of nitrogens with zero attached hydrogens (tertiary/aromatic N) is 4. The van der Waals surface area contributed by atoms with E-state index in [1.807, 2.05) is 11.8 Å². The molecule has 3 fully saturated rings. The van der Waals surface area contributed by atoms with Crippen molar-refractivity contribution in [1.29, 1.82) is 0 Å². The van der Waals surface area contributed by atoms with Gasteiger partial charge in [-0.25, -0.2) is 39.0 Å². The van der Waals surface area contributed by atoms with E-state index in [-0.39, 0.29) is 29.8 Å². The lowest BCUT2D eigenvalue weighted by Gasteiger charge is -2.40. The second kappa shape index (κ2) is 15.1. The van der Waals surface area contributed by atoms with Gasteiger partial charge in [0, 0.05) is 64.5 Å². The highest BCUT2D eigenvalue weighted by atomic mass is 32.2.